The molecular weight excluding hydrogens is 873 g/mol. The quantitative estimate of drug-likeness (QED) is 0.165. The fourth-order valence-electron chi connectivity index (χ4n) is 12.4. The number of anilines is 1. The standard InChI is InChI=1S/C50H55F2N3O12/c1-26-18-36-35-13-10-30-19-32(56)14-15-47(30,3)49(35,52)38(57)21-48(36,4)50(26,63)39(58)24-65-44(60)28-6-8-29(9-7-28)45(61)66-25-67-46(62)34-23-55(31-11-12-31)40-33(42(34)59)20-37(51)41(43(40)64-5)54-17-16-53-27(2)22-54/h6-9,14-15,19-20,23,26-27,31,35-36,38,53,57,63H,10-13,16-18,21-22,24-25H2,1-5H3/t26-,27?,35?,36?,38+,47+,48+,49+,50+/m1/s1. The van der Waals surface area contributed by atoms with Crippen LogP contribution in [0.5, 0.6) is 5.75 Å². The van der Waals surface area contributed by atoms with E-state index in [4.69, 9.17) is 18.9 Å². The van der Waals surface area contributed by atoms with E-state index in [-0.39, 0.29) is 57.8 Å². The smallest absolute Gasteiger partial charge is 0.346 e. The van der Waals surface area contributed by atoms with Crippen molar-refractivity contribution in [2.45, 2.75) is 95.7 Å². The summed E-state index contributed by atoms with van der Waals surface area (Å²) in [5.41, 5.74) is -6.71. The van der Waals surface area contributed by atoms with Gasteiger partial charge in [0.1, 0.15) is 16.9 Å². The highest BCUT2D eigenvalue weighted by atomic mass is 19.1. The van der Waals surface area contributed by atoms with E-state index in [1.807, 2.05) is 11.8 Å². The van der Waals surface area contributed by atoms with Crippen molar-refractivity contribution in [1.29, 1.82) is 0 Å². The van der Waals surface area contributed by atoms with E-state index in [1.54, 1.807) is 31.4 Å². The molecule has 0 spiro atoms. The number of piperazine rings is 1. The summed E-state index contributed by atoms with van der Waals surface area (Å²) in [6, 6.07) is 6.17. The number of hydrogen-bond acceptors (Lipinski definition) is 14. The number of ether oxygens (including phenoxy) is 4. The number of nitrogens with zero attached hydrogens (tertiary/aromatic N) is 2. The molecule has 9 atom stereocenters. The van der Waals surface area contributed by atoms with Gasteiger partial charge in [-0.1, -0.05) is 25.5 Å². The number of carbonyl (C=O) groups is 5. The van der Waals surface area contributed by atoms with Crippen LogP contribution in [0.2, 0.25) is 0 Å². The predicted octanol–water partition coefficient (Wildman–Crippen LogP) is 5.33. The Kier molecular flexibility index (Phi) is 11.6. The Morgan fingerprint density at radius 1 is 0.955 bits per heavy atom. The van der Waals surface area contributed by atoms with Crippen LogP contribution in [0.3, 0.4) is 0 Å². The third-order valence-corrected chi connectivity index (χ3v) is 16.0. The number of pyridine rings is 1. The minimum Gasteiger partial charge on any atom is -0.492 e. The van der Waals surface area contributed by atoms with Gasteiger partial charge in [-0.25, -0.2) is 23.2 Å². The number of aromatic nitrogens is 1. The van der Waals surface area contributed by atoms with Gasteiger partial charge >= 0.3 is 17.9 Å². The molecule has 1 saturated heterocycles. The fourth-order valence-corrected chi connectivity index (χ4v) is 12.4. The molecule has 9 rings (SSSR count). The van der Waals surface area contributed by atoms with Crippen molar-refractivity contribution in [2.24, 2.45) is 28.6 Å². The molecule has 0 bridgehead atoms. The molecule has 1 aromatic heterocycles. The number of carbonyl (C=O) groups excluding carboxylic acids is 5. The van der Waals surface area contributed by atoms with Crippen LogP contribution >= 0.6 is 0 Å². The van der Waals surface area contributed by atoms with Gasteiger partial charge in [0, 0.05) is 54.7 Å². The number of benzene rings is 2. The number of allylic oxidation sites excluding steroid dienone is 4. The van der Waals surface area contributed by atoms with Crippen LogP contribution in [0, 0.1) is 34.4 Å². The molecule has 3 N–H and O–H groups in total. The summed E-state index contributed by atoms with van der Waals surface area (Å²) in [7, 11) is 1.41. The van der Waals surface area contributed by atoms with E-state index >= 15 is 8.78 Å². The number of halogens is 2. The van der Waals surface area contributed by atoms with Gasteiger partial charge in [0.05, 0.1) is 35.2 Å². The molecule has 2 aromatic carbocycles. The second-order valence-electron chi connectivity index (χ2n) is 19.7. The monoisotopic (exact) mass is 927 g/mol. The first kappa shape index (κ1) is 46.3. The van der Waals surface area contributed by atoms with Gasteiger partial charge in [-0.15, -0.1) is 0 Å². The largest absolute Gasteiger partial charge is 0.492 e. The molecule has 67 heavy (non-hydrogen) atoms. The minimum absolute atomic E-state index is 0.0362. The molecule has 15 nitrogen and oxygen atoms in total. The first-order valence-electron chi connectivity index (χ1n) is 22.9. The molecule has 1 aliphatic heterocycles. The molecular formula is C50H55F2N3O12. The highest BCUT2D eigenvalue weighted by Crippen LogP contribution is 2.70. The molecule has 6 aliphatic rings. The Balaban J connectivity index is 0.826. The Morgan fingerprint density at radius 3 is 2.28 bits per heavy atom. The van der Waals surface area contributed by atoms with Crippen LogP contribution in [-0.2, 0) is 23.8 Å². The summed E-state index contributed by atoms with van der Waals surface area (Å²) >= 11 is 0. The lowest BCUT2D eigenvalue weighted by molar-refractivity contribution is -0.219. The minimum atomic E-state index is -2.14. The Labute approximate surface area is 385 Å². The zero-order valence-electron chi connectivity index (χ0n) is 38.1. The molecule has 3 unspecified atom stereocenters. The molecule has 0 amide bonds. The fraction of sp³-hybridized carbons (Fsp3) is 0.520. The molecule has 4 saturated carbocycles. The Bertz CT molecular complexity index is 2720. The van der Waals surface area contributed by atoms with Gasteiger partial charge in [-0.2, -0.15) is 0 Å². The molecule has 356 valence electrons. The van der Waals surface area contributed by atoms with Crippen LogP contribution in [0.4, 0.5) is 14.5 Å². The van der Waals surface area contributed by atoms with Gasteiger partial charge in [0.15, 0.2) is 29.6 Å². The molecule has 0 radical (unpaired) electrons. The van der Waals surface area contributed by atoms with Crippen LogP contribution < -0.4 is 20.4 Å². The van der Waals surface area contributed by atoms with Gasteiger partial charge < -0.3 is 43.9 Å². The third kappa shape index (κ3) is 7.21. The van der Waals surface area contributed by atoms with E-state index in [2.05, 4.69) is 5.32 Å². The lowest BCUT2D eigenvalue weighted by Gasteiger charge is -2.62. The maximum atomic E-state index is 17.5. The third-order valence-electron chi connectivity index (χ3n) is 16.0. The number of nitrogens with one attached hydrogen (secondary N) is 1. The average Bonchev–Trinajstić information content (AvgIpc) is 4.13. The topological polar surface area (TPSA) is 200 Å². The van der Waals surface area contributed by atoms with Crippen molar-refractivity contribution < 1.29 is 61.9 Å². The van der Waals surface area contributed by atoms with Crippen LogP contribution in [0.15, 0.2) is 65.1 Å². The Hall–Kier alpha value is -5.78. The van der Waals surface area contributed by atoms with Crippen molar-refractivity contribution in [3.8, 4) is 5.75 Å². The number of alkyl halides is 1. The van der Waals surface area contributed by atoms with Crippen molar-refractivity contribution in [2.75, 3.05) is 45.0 Å². The Morgan fingerprint density at radius 2 is 1.63 bits per heavy atom. The molecule has 3 aromatic rings. The van der Waals surface area contributed by atoms with Gasteiger partial charge in [0.25, 0.3) is 0 Å². The lowest BCUT2D eigenvalue weighted by atomic mass is 9.44. The summed E-state index contributed by atoms with van der Waals surface area (Å²) in [4.78, 5) is 81.2. The van der Waals surface area contributed by atoms with Crippen LogP contribution in [0.25, 0.3) is 10.9 Å². The number of esters is 3. The second-order valence-corrected chi connectivity index (χ2v) is 19.7. The molecule has 2 heterocycles. The van der Waals surface area contributed by atoms with Crippen LogP contribution in [-0.4, -0.2) is 108 Å². The average molecular weight is 928 g/mol. The number of ketones is 2. The van der Waals surface area contributed by atoms with E-state index in [0.29, 0.717) is 50.0 Å². The number of aliphatic hydroxyl groups excluding tert-OH is 1. The van der Waals surface area contributed by atoms with Gasteiger partial charge in [-0.05, 0) is 107 Å². The van der Waals surface area contributed by atoms with E-state index in [1.165, 1.54) is 49.7 Å². The highest BCUT2D eigenvalue weighted by molar-refractivity contribution is 6.01. The summed E-state index contributed by atoms with van der Waals surface area (Å²) in [5.74, 6) is -6.33. The molecule has 5 fully saturated rings. The van der Waals surface area contributed by atoms with E-state index < -0.39 is 94.3 Å². The molecule has 5 aliphatic carbocycles. The predicted molar refractivity (Wildman–Crippen MR) is 238 cm³/mol. The van der Waals surface area contributed by atoms with Crippen molar-refractivity contribution in [3.05, 3.63) is 93.1 Å². The van der Waals surface area contributed by atoms with Crippen molar-refractivity contribution in [1.82, 2.24) is 9.88 Å². The van der Waals surface area contributed by atoms with Gasteiger partial charge in [0.2, 0.25) is 18.0 Å². The summed E-state index contributed by atoms with van der Waals surface area (Å²) in [5, 5.41) is 27.2. The van der Waals surface area contributed by atoms with Crippen LogP contribution in [0.1, 0.15) is 103 Å². The van der Waals surface area contributed by atoms with E-state index in [0.717, 1.165) is 18.9 Å². The second kappa shape index (κ2) is 16.8. The maximum absolute atomic E-state index is 17.5. The summed E-state index contributed by atoms with van der Waals surface area (Å²) in [6.45, 7) is 7.06. The number of fused-ring (bicyclic) bond motifs is 6. The maximum Gasteiger partial charge on any atom is 0.346 e. The number of rotatable bonds is 11. The highest BCUT2D eigenvalue weighted by Gasteiger charge is 2.75. The van der Waals surface area contributed by atoms with Gasteiger partial charge in [-0.3, -0.25) is 14.4 Å². The lowest BCUT2D eigenvalue weighted by Crippen LogP contribution is -2.69. The first-order chi connectivity index (χ1) is 31.8. The number of Topliss-reactive ketones (excluding diaryl/α,β-unsaturated/α-hetero) is 1. The zero-order valence-corrected chi connectivity index (χ0v) is 38.1. The zero-order chi connectivity index (χ0) is 48.0. The SMILES string of the molecule is COc1c(N2CCNC(C)C2)c(F)cc2c(=O)c(C(=O)OCOC(=O)c3ccc(C(=O)OCC(=O)[C@@]4(O)[C@H](C)CC5C6CCC7=CC(=O)C=C[C@]7(C)[C@@]6(F)[C@@H](O)C[C@@]54C)cc3)cn(C3CC3)c12. The summed E-state index contributed by atoms with van der Waals surface area (Å²) in [6.07, 6.45) is 6.45. The number of aliphatic hydroxyl groups is 2. The number of hydrogen-bond donors (Lipinski definition) is 3. The molecule has 17 heteroatoms. The van der Waals surface area contributed by atoms with Crippen molar-refractivity contribution >= 4 is 46.1 Å². The summed E-state index contributed by atoms with van der Waals surface area (Å²) < 4.78 is 56.6. The van der Waals surface area contributed by atoms with E-state index in [9.17, 15) is 39.0 Å². The van der Waals surface area contributed by atoms with Crippen molar-refractivity contribution in [3.63, 3.8) is 0 Å². The number of methoxy groups -OCH3 is 1. The normalized spacial score (nSPS) is 32.1. The first-order valence-corrected chi connectivity index (χ1v) is 22.9.